The van der Waals surface area contributed by atoms with Gasteiger partial charge in [-0.05, 0) is 19.3 Å². The van der Waals surface area contributed by atoms with Crippen LogP contribution in [0, 0.1) is 5.92 Å². The Morgan fingerprint density at radius 2 is 2.19 bits per heavy atom. The molecule has 0 spiro atoms. The van der Waals surface area contributed by atoms with Crippen LogP contribution in [0.15, 0.2) is 0 Å². The number of amides is 1. The van der Waals surface area contributed by atoms with Crippen molar-refractivity contribution in [2.24, 2.45) is 11.7 Å². The summed E-state index contributed by atoms with van der Waals surface area (Å²) in [6.45, 7) is 1.89. The van der Waals surface area contributed by atoms with E-state index in [2.05, 4.69) is 5.32 Å². The molecule has 2 unspecified atom stereocenters. The van der Waals surface area contributed by atoms with Crippen LogP contribution in [0.4, 0.5) is 0 Å². The van der Waals surface area contributed by atoms with Crippen molar-refractivity contribution >= 4 is 11.9 Å². The molecule has 0 aromatic rings. The fraction of sp³-hybridized carbons (Fsp3) is 0.818. The van der Waals surface area contributed by atoms with Crippen LogP contribution in [0.1, 0.15) is 39.0 Å². The molecule has 0 radical (unpaired) electrons. The summed E-state index contributed by atoms with van der Waals surface area (Å²) >= 11 is 0. The van der Waals surface area contributed by atoms with Gasteiger partial charge in [0.2, 0.25) is 5.91 Å². The molecule has 92 valence electrons. The van der Waals surface area contributed by atoms with Crippen molar-refractivity contribution in [2.75, 3.05) is 0 Å². The molecule has 1 rings (SSSR count). The third kappa shape index (κ3) is 3.20. The highest BCUT2D eigenvalue weighted by Gasteiger charge is 2.32. The molecule has 0 heterocycles. The smallest absolute Gasteiger partial charge is 0.326 e. The zero-order valence-electron chi connectivity index (χ0n) is 9.61. The van der Waals surface area contributed by atoms with Gasteiger partial charge in [-0.3, -0.25) is 4.79 Å². The van der Waals surface area contributed by atoms with Gasteiger partial charge in [0.25, 0.3) is 0 Å². The molecule has 0 aromatic heterocycles. The molecule has 1 saturated carbocycles. The van der Waals surface area contributed by atoms with Crippen molar-refractivity contribution < 1.29 is 14.7 Å². The van der Waals surface area contributed by atoms with E-state index in [1.807, 2.05) is 6.92 Å². The normalized spacial score (nSPS) is 26.4. The standard InChI is InChI=1S/C11H20N2O3/c1-2-4-9(11(15)16)13-10(14)7-5-3-6-8(7)12/h7-9H,2-6,12H2,1H3,(H,13,14)(H,15,16)/t7?,8?,9-/m1/s1. The first-order chi connectivity index (χ1) is 7.56. The Hall–Kier alpha value is -1.10. The lowest BCUT2D eigenvalue weighted by Gasteiger charge is -2.19. The van der Waals surface area contributed by atoms with Gasteiger partial charge in [0.15, 0.2) is 0 Å². The van der Waals surface area contributed by atoms with Crippen LogP contribution in [0.25, 0.3) is 0 Å². The van der Waals surface area contributed by atoms with Crippen LogP contribution >= 0.6 is 0 Å². The lowest BCUT2D eigenvalue weighted by molar-refractivity contribution is -0.142. The van der Waals surface area contributed by atoms with Gasteiger partial charge in [-0.1, -0.05) is 19.8 Å². The second-order valence-corrected chi connectivity index (χ2v) is 4.39. The summed E-state index contributed by atoms with van der Waals surface area (Å²) in [6.07, 6.45) is 3.76. The monoisotopic (exact) mass is 228 g/mol. The fourth-order valence-electron chi connectivity index (χ4n) is 2.14. The molecule has 4 N–H and O–H groups in total. The molecule has 0 aliphatic heterocycles. The van der Waals surface area contributed by atoms with E-state index in [4.69, 9.17) is 10.8 Å². The molecule has 0 bridgehead atoms. The van der Waals surface area contributed by atoms with E-state index < -0.39 is 12.0 Å². The molecule has 3 atom stereocenters. The van der Waals surface area contributed by atoms with Crippen LogP contribution in [-0.2, 0) is 9.59 Å². The van der Waals surface area contributed by atoms with E-state index >= 15 is 0 Å². The molecular formula is C11H20N2O3. The molecular weight excluding hydrogens is 208 g/mol. The van der Waals surface area contributed by atoms with Gasteiger partial charge in [-0.25, -0.2) is 4.79 Å². The summed E-state index contributed by atoms with van der Waals surface area (Å²) in [7, 11) is 0. The summed E-state index contributed by atoms with van der Waals surface area (Å²) < 4.78 is 0. The summed E-state index contributed by atoms with van der Waals surface area (Å²) in [4.78, 5) is 22.7. The first-order valence-electron chi connectivity index (χ1n) is 5.85. The van der Waals surface area contributed by atoms with Crippen LogP contribution in [0.5, 0.6) is 0 Å². The molecule has 0 saturated heterocycles. The highest BCUT2D eigenvalue weighted by atomic mass is 16.4. The van der Waals surface area contributed by atoms with E-state index in [0.29, 0.717) is 6.42 Å². The Balaban J connectivity index is 2.50. The van der Waals surface area contributed by atoms with Gasteiger partial charge in [0.05, 0.1) is 5.92 Å². The number of nitrogens with two attached hydrogens (primary N) is 1. The largest absolute Gasteiger partial charge is 0.480 e. The minimum absolute atomic E-state index is 0.115. The molecule has 1 aliphatic carbocycles. The summed E-state index contributed by atoms with van der Waals surface area (Å²) in [5.41, 5.74) is 5.80. The van der Waals surface area contributed by atoms with Crippen molar-refractivity contribution in [3.8, 4) is 0 Å². The molecule has 1 amide bonds. The van der Waals surface area contributed by atoms with Crippen LogP contribution in [-0.4, -0.2) is 29.1 Å². The van der Waals surface area contributed by atoms with Crippen LogP contribution in [0.2, 0.25) is 0 Å². The Labute approximate surface area is 95.4 Å². The first-order valence-corrected chi connectivity index (χ1v) is 5.85. The van der Waals surface area contributed by atoms with E-state index in [-0.39, 0.29) is 17.9 Å². The number of carboxylic acids is 1. The van der Waals surface area contributed by atoms with Gasteiger partial charge in [-0.15, -0.1) is 0 Å². The molecule has 16 heavy (non-hydrogen) atoms. The van der Waals surface area contributed by atoms with Gasteiger partial charge in [0, 0.05) is 6.04 Å². The van der Waals surface area contributed by atoms with Crippen molar-refractivity contribution in [2.45, 2.75) is 51.1 Å². The molecule has 1 fully saturated rings. The number of carbonyl (C=O) groups excluding carboxylic acids is 1. The SMILES string of the molecule is CCC[C@@H](NC(=O)C1CCCC1N)C(=O)O. The summed E-state index contributed by atoms with van der Waals surface area (Å²) in [5, 5.41) is 11.5. The zero-order valence-corrected chi connectivity index (χ0v) is 9.61. The predicted octanol–water partition coefficient (Wildman–Crippen LogP) is 0.483. The maximum Gasteiger partial charge on any atom is 0.326 e. The maximum absolute atomic E-state index is 11.8. The number of rotatable bonds is 5. The molecule has 5 nitrogen and oxygen atoms in total. The number of hydrogen-bond donors (Lipinski definition) is 3. The first kappa shape index (κ1) is 13.0. The van der Waals surface area contributed by atoms with E-state index in [1.54, 1.807) is 0 Å². The average Bonchev–Trinajstić information content (AvgIpc) is 2.63. The van der Waals surface area contributed by atoms with Gasteiger partial charge < -0.3 is 16.2 Å². The third-order valence-electron chi connectivity index (χ3n) is 3.10. The lowest BCUT2D eigenvalue weighted by Crippen LogP contribution is -2.46. The number of nitrogens with one attached hydrogen (secondary N) is 1. The van der Waals surface area contributed by atoms with Crippen molar-refractivity contribution in [1.29, 1.82) is 0 Å². The number of hydrogen-bond acceptors (Lipinski definition) is 3. The van der Waals surface area contributed by atoms with Gasteiger partial charge in [0.1, 0.15) is 6.04 Å². The Morgan fingerprint density at radius 3 is 2.62 bits per heavy atom. The molecule has 0 aromatic carbocycles. The Kier molecular flexibility index (Phi) is 4.73. The Morgan fingerprint density at radius 1 is 1.50 bits per heavy atom. The Bertz CT molecular complexity index is 268. The fourth-order valence-corrected chi connectivity index (χ4v) is 2.14. The van der Waals surface area contributed by atoms with Crippen molar-refractivity contribution in [3.63, 3.8) is 0 Å². The van der Waals surface area contributed by atoms with E-state index in [0.717, 1.165) is 25.7 Å². The van der Waals surface area contributed by atoms with Crippen LogP contribution in [0.3, 0.4) is 0 Å². The topological polar surface area (TPSA) is 92.4 Å². The number of carboxylic acid groups (broad SMARTS) is 1. The summed E-state index contributed by atoms with van der Waals surface area (Å²) in [5.74, 6) is -1.38. The van der Waals surface area contributed by atoms with E-state index in [9.17, 15) is 9.59 Å². The second kappa shape index (κ2) is 5.84. The zero-order chi connectivity index (χ0) is 12.1. The van der Waals surface area contributed by atoms with Gasteiger partial charge in [-0.2, -0.15) is 0 Å². The third-order valence-corrected chi connectivity index (χ3v) is 3.10. The van der Waals surface area contributed by atoms with Crippen molar-refractivity contribution in [1.82, 2.24) is 5.32 Å². The predicted molar refractivity (Wildman–Crippen MR) is 59.8 cm³/mol. The maximum atomic E-state index is 11.8. The minimum atomic E-state index is -0.971. The second-order valence-electron chi connectivity index (χ2n) is 4.39. The van der Waals surface area contributed by atoms with Crippen molar-refractivity contribution in [3.05, 3.63) is 0 Å². The van der Waals surface area contributed by atoms with E-state index in [1.165, 1.54) is 0 Å². The average molecular weight is 228 g/mol. The van der Waals surface area contributed by atoms with Crippen LogP contribution < -0.4 is 11.1 Å². The highest BCUT2D eigenvalue weighted by molar-refractivity contribution is 5.85. The summed E-state index contributed by atoms with van der Waals surface area (Å²) in [6, 6.07) is -0.888. The lowest BCUT2D eigenvalue weighted by atomic mass is 10.0. The minimum Gasteiger partial charge on any atom is -0.480 e. The molecule has 5 heteroatoms. The quantitative estimate of drug-likeness (QED) is 0.638. The molecule has 1 aliphatic rings. The van der Waals surface area contributed by atoms with Gasteiger partial charge >= 0.3 is 5.97 Å². The highest BCUT2D eigenvalue weighted by Crippen LogP contribution is 2.24. The number of aliphatic carboxylic acids is 1. The number of carbonyl (C=O) groups is 2.